The molecule has 1 saturated heterocycles. The summed E-state index contributed by atoms with van der Waals surface area (Å²) in [6.07, 6.45) is 3.18. The van der Waals surface area contributed by atoms with Crippen molar-refractivity contribution in [2.75, 3.05) is 27.4 Å². The number of nitrogens with zero attached hydrogens (tertiary/aromatic N) is 2. The van der Waals surface area contributed by atoms with E-state index >= 15 is 0 Å². The maximum atomic E-state index is 12.8. The number of aliphatic hydroxyl groups excluding tert-OH is 1. The predicted molar refractivity (Wildman–Crippen MR) is 103 cm³/mol. The van der Waals surface area contributed by atoms with Crippen LogP contribution in [0.2, 0.25) is 0 Å². The first kappa shape index (κ1) is 19.6. The van der Waals surface area contributed by atoms with Crippen molar-refractivity contribution in [2.24, 2.45) is 0 Å². The highest BCUT2D eigenvalue weighted by Gasteiger charge is 2.45. The molecule has 1 amide bonds. The van der Waals surface area contributed by atoms with Crippen molar-refractivity contribution in [1.82, 2.24) is 9.88 Å². The summed E-state index contributed by atoms with van der Waals surface area (Å²) >= 11 is 0. The SMILES string of the molecule is COCCN1C(=O)C(=O)C(=C(O)c2ccc(OC)cc2C)[C@@H]1c1ccncc1. The molecule has 7 heteroatoms. The van der Waals surface area contributed by atoms with Crippen molar-refractivity contribution in [3.8, 4) is 5.75 Å². The molecule has 0 unspecified atom stereocenters. The van der Waals surface area contributed by atoms with Crippen LogP contribution in [0.4, 0.5) is 0 Å². The van der Waals surface area contributed by atoms with Gasteiger partial charge in [0, 0.05) is 31.6 Å². The summed E-state index contributed by atoms with van der Waals surface area (Å²) < 4.78 is 10.3. The summed E-state index contributed by atoms with van der Waals surface area (Å²) in [5.41, 5.74) is 1.96. The van der Waals surface area contributed by atoms with Gasteiger partial charge in [0.15, 0.2) is 0 Å². The van der Waals surface area contributed by atoms with E-state index in [4.69, 9.17) is 9.47 Å². The maximum Gasteiger partial charge on any atom is 0.295 e. The van der Waals surface area contributed by atoms with Gasteiger partial charge >= 0.3 is 0 Å². The lowest BCUT2D eigenvalue weighted by Gasteiger charge is -2.25. The van der Waals surface area contributed by atoms with Crippen LogP contribution < -0.4 is 4.74 Å². The van der Waals surface area contributed by atoms with E-state index in [1.807, 2.05) is 0 Å². The number of aromatic nitrogens is 1. The number of methoxy groups -OCH3 is 2. The lowest BCUT2D eigenvalue weighted by molar-refractivity contribution is -0.140. The molecule has 1 N–H and O–H groups in total. The van der Waals surface area contributed by atoms with E-state index in [2.05, 4.69) is 4.98 Å². The Labute approximate surface area is 163 Å². The van der Waals surface area contributed by atoms with Gasteiger partial charge in [-0.1, -0.05) is 0 Å². The number of aliphatic hydroxyl groups is 1. The van der Waals surface area contributed by atoms with Gasteiger partial charge in [0.2, 0.25) is 0 Å². The molecule has 0 aliphatic carbocycles. The van der Waals surface area contributed by atoms with Crippen LogP contribution in [-0.4, -0.2) is 54.1 Å². The number of hydrogen-bond donors (Lipinski definition) is 1. The van der Waals surface area contributed by atoms with E-state index < -0.39 is 17.7 Å². The molecule has 28 heavy (non-hydrogen) atoms. The first-order valence-electron chi connectivity index (χ1n) is 8.81. The Morgan fingerprint density at radius 3 is 2.50 bits per heavy atom. The Morgan fingerprint density at radius 2 is 1.89 bits per heavy atom. The van der Waals surface area contributed by atoms with E-state index in [9.17, 15) is 14.7 Å². The highest BCUT2D eigenvalue weighted by molar-refractivity contribution is 6.46. The second-order valence-electron chi connectivity index (χ2n) is 6.45. The Morgan fingerprint density at radius 1 is 1.18 bits per heavy atom. The third kappa shape index (κ3) is 3.48. The van der Waals surface area contributed by atoms with Crippen molar-refractivity contribution < 1.29 is 24.2 Å². The van der Waals surface area contributed by atoms with E-state index in [1.165, 1.54) is 12.0 Å². The lowest BCUT2D eigenvalue weighted by atomic mass is 9.94. The highest BCUT2D eigenvalue weighted by Crippen LogP contribution is 2.39. The minimum absolute atomic E-state index is 0.0561. The Kier molecular flexibility index (Phi) is 5.75. The quantitative estimate of drug-likeness (QED) is 0.469. The van der Waals surface area contributed by atoms with E-state index in [1.54, 1.807) is 56.8 Å². The van der Waals surface area contributed by atoms with Crippen LogP contribution in [-0.2, 0) is 14.3 Å². The molecule has 2 aromatic rings. The first-order valence-corrected chi connectivity index (χ1v) is 8.81. The molecule has 1 aliphatic heterocycles. The molecule has 1 atom stereocenters. The van der Waals surface area contributed by atoms with Crippen molar-refractivity contribution in [2.45, 2.75) is 13.0 Å². The van der Waals surface area contributed by atoms with Gasteiger partial charge in [0.1, 0.15) is 11.5 Å². The number of aryl methyl sites for hydroxylation is 1. The van der Waals surface area contributed by atoms with Gasteiger partial charge in [-0.25, -0.2) is 0 Å². The Bertz CT molecular complexity index is 924. The molecule has 0 saturated carbocycles. The monoisotopic (exact) mass is 382 g/mol. The smallest absolute Gasteiger partial charge is 0.295 e. The fourth-order valence-corrected chi connectivity index (χ4v) is 3.37. The van der Waals surface area contributed by atoms with Gasteiger partial charge in [0.05, 0.1) is 25.3 Å². The topological polar surface area (TPSA) is 89.0 Å². The second kappa shape index (κ2) is 8.22. The van der Waals surface area contributed by atoms with Gasteiger partial charge in [0.25, 0.3) is 11.7 Å². The third-order valence-corrected chi connectivity index (χ3v) is 4.79. The number of pyridine rings is 1. The van der Waals surface area contributed by atoms with E-state index in [0.29, 0.717) is 16.9 Å². The first-order chi connectivity index (χ1) is 13.5. The van der Waals surface area contributed by atoms with Gasteiger partial charge in [-0.15, -0.1) is 0 Å². The molecule has 146 valence electrons. The van der Waals surface area contributed by atoms with Crippen LogP contribution in [0.3, 0.4) is 0 Å². The summed E-state index contributed by atoms with van der Waals surface area (Å²) in [5, 5.41) is 11.0. The number of carbonyl (C=O) groups excluding carboxylic acids is 2. The van der Waals surface area contributed by atoms with Crippen LogP contribution in [0.5, 0.6) is 5.75 Å². The molecule has 3 rings (SSSR count). The van der Waals surface area contributed by atoms with Crippen LogP contribution in [0.15, 0.2) is 48.3 Å². The number of carbonyl (C=O) groups is 2. The highest BCUT2D eigenvalue weighted by atomic mass is 16.5. The summed E-state index contributed by atoms with van der Waals surface area (Å²) in [6, 6.07) is 7.88. The zero-order valence-electron chi connectivity index (χ0n) is 16.0. The molecule has 7 nitrogen and oxygen atoms in total. The summed E-state index contributed by atoms with van der Waals surface area (Å²) in [7, 11) is 3.08. The van der Waals surface area contributed by atoms with Crippen molar-refractivity contribution >= 4 is 17.4 Å². The van der Waals surface area contributed by atoms with Crippen LogP contribution in [0.1, 0.15) is 22.7 Å². The maximum absolute atomic E-state index is 12.8. The Hall–Kier alpha value is -3.19. The van der Waals surface area contributed by atoms with Crippen LogP contribution in [0.25, 0.3) is 5.76 Å². The van der Waals surface area contributed by atoms with Gasteiger partial charge in [-0.3, -0.25) is 14.6 Å². The average molecular weight is 382 g/mol. The van der Waals surface area contributed by atoms with Crippen molar-refractivity contribution in [3.05, 3.63) is 65.0 Å². The van der Waals surface area contributed by atoms with Crippen LogP contribution >= 0.6 is 0 Å². The van der Waals surface area contributed by atoms with E-state index in [0.717, 1.165) is 5.56 Å². The largest absolute Gasteiger partial charge is 0.507 e. The summed E-state index contributed by atoms with van der Waals surface area (Å²) in [4.78, 5) is 30.9. The minimum atomic E-state index is -0.717. The summed E-state index contributed by atoms with van der Waals surface area (Å²) in [5.74, 6) is -0.947. The molecule has 1 aromatic heterocycles. The number of ether oxygens (including phenoxy) is 2. The van der Waals surface area contributed by atoms with Crippen molar-refractivity contribution in [1.29, 1.82) is 0 Å². The van der Waals surface area contributed by atoms with Crippen LogP contribution in [0, 0.1) is 6.92 Å². The van der Waals surface area contributed by atoms with Gasteiger partial charge < -0.3 is 19.5 Å². The third-order valence-electron chi connectivity index (χ3n) is 4.79. The van der Waals surface area contributed by atoms with Gasteiger partial charge in [-0.2, -0.15) is 0 Å². The molecule has 0 spiro atoms. The molecule has 1 aromatic carbocycles. The number of benzene rings is 1. The van der Waals surface area contributed by atoms with Gasteiger partial charge in [-0.05, 0) is 48.4 Å². The molecule has 0 radical (unpaired) electrons. The number of likely N-dealkylation sites (tertiary alicyclic amines) is 1. The number of ketones is 1. The number of Topliss-reactive ketones (excluding diaryl/α,β-unsaturated/α-hetero) is 1. The minimum Gasteiger partial charge on any atom is -0.507 e. The number of amides is 1. The van der Waals surface area contributed by atoms with Crippen molar-refractivity contribution in [3.63, 3.8) is 0 Å². The standard InChI is InChI=1S/C21H22N2O5/c1-13-12-15(28-3)4-5-16(13)19(24)17-18(14-6-8-22-9-7-14)23(10-11-27-2)21(26)20(17)25/h4-9,12,18,24H,10-11H2,1-3H3/t18-/m0/s1. The fraction of sp³-hybridized carbons (Fsp3) is 0.286. The lowest BCUT2D eigenvalue weighted by Crippen LogP contribution is -2.32. The molecular formula is C21H22N2O5. The molecular weight excluding hydrogens is 360 g/mol. The van der Waals surface area contributed by atoms with E-state index in [-0.39, 0.29) is 24.5 Å². The Balaban J connectivity index is 2.16. The zero-order valence-corrected chi connectivity index (χ0v) is 16.0. The summed E-state index contributed by atoms with van der Waals surface area (Å²) in [6.45, 7) is 2.31. The second-order valence-corrected chi connectivity index (χ2v) is 6.45. The fourth-order valence-electron chi connectivity index (χ4n) is 3.37. The molecule has 1 fully saturated rings. The molecule has 0 bridgehead atoms. The normalized spacial score (nSPS) is 18.5. The number of rotatable bonds is 6. The molecule has 1 aliphatic rings. The zero-order chi connectivity index (χ0) is 20.3. The molecule has 2 heterocycles. The average Bonchev–Trinajstić information content (AvgIpc) is 2.97. The number of hydrogen-bond acceptors (Lipinski definition) is 6. The predicted octanol–water partition coefficient (Wildman–Crippen LogP) is 2.47.